The van der Waals surface area contributed by atoms with Crippen LogP contribution in [0.15, 0.2) is 23.1 Å². The third kappa shape index (κ3) is 4.24. The van der Waals surface area contributed by atoms with Crippen LogP contribution in [0.5, 0.6) is 0 Å². The van der Waals surface area contributed by atoms with Crippen molar-refractivity contribution in [3.63, 3.8) is 0 Å². The molecule has 1 aromatic carbocycles. The van der Waals surface area contributed by atoms with Gasteiger partial charge in [0.1, 0.15) is 5.82 Å². The molecule has 0 saturated carbocycles. The molecule has 0 aliphatic rings. The number of nitrogens with two attached hydrogens (primary N) is 1. The fraction of sp³-hybridized carbons (Fsp3) is 0.267. The van der Waals surface area contributed by atoms with Crippen LogP contribution in [-0.4, -0.2) is 36.7 Å². The van der Waals surface area contributed by atoms with Gasteiger partial charge in [0.25, 0.3) is 5.91 Å². The zero-order valence-electron chi connectivity index (χ0n) is 14.2. The largest absolute Gasteiger partial charge is 0.452 e. The van der Waals surface area contributed by atoms with Crippen LogP contribution in [0.25, 0.3) is 0 Å². The van der Waals surface area contributed by atoms with Gasteiger partial charge in [-0.2, -0.15) is 5.10 Å². The van der Waals surface area contributed by atoms with Crippen LogP contribution in [0.4, 0.5) is 10.1 Å². The second-order valence-electron chi connectivity index (χ2n) is 5.48. The van der Waals surface area contributed by atoms with E-state index in [2.05, 4.69) is 10.4 Å². The number of ether oxygens (including phenoxy) is 1. The molecule has 11 heteroatoms. The van der Waals surface area contributed by atoms with E-state index in [1.54, 1.807) is 25.6 Å². The Hall–Kier alpha value is -2.79. The van der Waals surface area contributed by atoms with Gasteiger partial charge in [0.15, 0.2) is 6.61 Å². The molecule has 0 bridgehead atoms. The lowest BCUT2D eigenvalue weighted by molar-refractivity contribution is -0.119. The maximum absolute atomic E-state index is 13.7. The van der Waals surface area contributed by atoms with Gasteiger partial charge in [-0.1, -0.05) is 0 Å². The number of hydrogen-bond donors (Lipinski definition) is 2. The standard InChI is InChI=1S/C15H17FN4O5S/c1-8-14(9(2)20(3)19-8)18-13(21)7-25-15(22)11-6-10(26(17,23)24)4-5-12(11)16/h4-6H,7H2,1-3H3,(H,18,21)(H2,17,23,24). The van der Waals surface area contributed by atoms with E-state index in [4.69, 9.17) is 9.88 Å². The lowest BCUT2D eigenvalue weighted by atomic mass is 10.2. The highest BCUT2D eigenvalue weighted by Crippen LogP contribution is 2.18. The Morgan fingerprint density at radius 3 is 2.54 bits per heavy atom. The molecular formula is C15H17FN4O5S. The number of amides is 1. The number of carbonyl (C=O) groups is 2. The van der Waals surface area contributed by atoms with Crippen LogP contribution in [0.2, 0.25) is 0 Å². The van der Waals surface area contributed by atoms with E-state index in [1.807, 2.05) is 0 Å². The molecule has 0 unspecified atom stereocenters. The Bertz CT molecular complexity index is 984. The zero-order valence-corrected chi connectivity index (χ0v) is 15.1. The summed E-state index contributed by atoms with van der Waals surface area (Å²) in [5, 5.41) is 11.6. The molecule has 1 amide bonds. The molecule has 3 N–H and O–H groups in total. The van der Waals surface area contributed by atoms with Gasteiger partial charge in [-0.3, -0.25) is 9.48 Å². The van der Waals surface area contributed by atoms with Crippen molar-refractivity contribution in [1.29, 1.82) is 0 Å². The predicted molar refractivity (Wildman–Crippen MR) is 89.4 cm³/mol. The highest BCUT2D eigenvalue weighted by molar-refractivity contribution is 7.89. The van der Waals surface area contributed by atoms with Crippen molar-refractivity contribution >= 4 is 27.6 Å². The van der Waals surface area contributed by atoms with Crippen molar-refractivity contribution in [2.45, 2.75) is 18.7 Å². The summed E-state index contributed by atoms with van der Waals surface area (Å²) >= 11 is 0. The van der Waals surface area contributed by atoms with E-state index < -0.39 is 44.8 Å². The Kier molecular flexibility index (Phi) is 5.42. The number of esters is 1. The van der Waals surface area contributed by atoms with E-state index in [-0.39, 0.29) is 0 Å². The van der Waals surface area contributed by atoms with Crippen molar-refractivity contribution in [3.8, 4) is 0 Å². The SMILES string of the molecule is Cc1nn(C)c(C)c1NC(=O)COC(=O)c1cc(S(N)(=O)=O)ccc1F. The van der Waals surface area contributed by atoms with Crippen LogP contribution in [0, 0.1) is 19.7 Å². The van der Waals surface area contributed by atoms with E-state index in [0.29, 0.717) is 17.1 Å². The minimum atomic E-state index is -4.12. The van der Waals surface area contributed by atoms with Crippen molar-refractivity contribution in [2.24, 2.45) is 12.2 Å². The van der Waals surface area contributed by atoms with Crippen LogP contribution in [0.3, 0.4) is 0 Å². The van der Waals surface area contributed by atoms with Gasteiger partial charge in [-0.05, 0) is 32.0 Å². The number of hydrogen-bond acceptors (Lipinski definition) is 6. The van der Waals surface area contributed by atoms with E-state index in [9.17, 15) is 22.4 Å². The minimum absolute atomic E-state index is 0.447. The summed E-state index contributed by atoms with van der Waals surface area (Å²) in [5.41, 5.74) is 1.12. The van der Waals surface area contributed by atoms with Gasteiger partial charge in [0, 0.05) is 7.05 Å². The molecule has 0 aliphatic carbocycles. The summed E-state index contributed by atoms with van der Waals surface area (Å²) in [4.78, 5) is 23.4. The van der Waals surface area contributed by atoms with Gasteiger partial charge in [-0.15, -0.1) is 0 Å². The molecule has 1 heterocycles. The van der Waals surface area contributed by atoms with Crippen molar-refractivity contribution in [3.05, 3.63) is 41.0 Å². The predicted octanol–water partition coefficient (Wildman–Crippen LogP) is 0.619. The average Bonchev–Trinajstić information content (AvgIpc) is 2.78. The van der Waals surface area contributed by atoms with Gasteiger partial charge in [0.2, 0.25) is 10.0 Å². The molecule has 1 aromatic heterocycles. The third-order valence-electron chi connectivity index (χ3n) is 3.59. The quantitative estimate of drug-likeness (QED) is 0.726. The number of rotatable bonds is 5. The monoisotopic (exact) mass is 384 g/mol. The van der Waals surface area contributed by atoms with Gasteiger partial charge in [-0.25, -0.2) is 22.7 Å². The number of primary sulfonamides is 1. The molecule has 0 atom stereocenters. The lowest BCUT2D eigenvalue weighted by Gasteiger charge is -2.08. The maximum atomic E-state index is 13.7. The second-order valence-corrected chi connectivity index (χ2v) is 7.04. The van der Waals surface area contributed by atoms with Crippen LogP contribution < -0.4 is 10.5 Å². The highest BCUT2D eigenvalue weighted by Gasteiger charge is 2.19. The van der Waals surface area contributed by atoms with E-state index in [1.165, 1.54) is 0 Å². The topological polar surface area (TPSA) is 133 Å². The maximum Gasteiger partial charge on any atom is 0.341 e. The summed E-state index contributed by atoms with van der Waals surface area (Å²) in [6, 6.07) is 2.45. The van der Waals surface area contributed by atoms with Gasteiger partial charge in [0.05, 0.1) is 27.5 Å². The minimum Gasteiger partial charge on any atom is -0.452 e. The number of nitrogens with one attached hydrogen (secondary N) is 1. The van der Waals surface area contributed by atoms with Gasteiger partial charge < -0.3 is 10.1 Å². The molecule has 9 nitrogen and oxygen atoms in total. The first-order valence-electron chi connectivity index (χ1n) is 7.30. The molecule has 2 aromatic rings. The number of sulfonamides is 1. The Balaban J connectivity index is 2.08. The zero-order chi connectivity index (χ0) is 19.6. The first-order valence-corrected chi connectivity index (χ1v) is 8.85. The van der Waals surface area contributed by atoms with Crippen molar-refractivity contribution < 1.29 is 27.1 Å². The first-order chi connectivity index (χ1) is 12.0. The van der Waals surface area contributed by atoms with Crippen LogP contribution in [-0.2, 0) is 26.6 Å². The first kappa shape index (κ1) is 19.5. The lowest BCUT2D eigenvalue weighted by Crippen LogP contribution is -2.22. The molecule has 140 valence electrons. The molecule has 0 spiro atoms. The smallest absolute Gasteiger partial charge is 0.341 e. The third-order valence-corrected chi connectivity index (χ3v) is 4.51. The molecule has 0 aliphatic heterocycles. The summed E-state index contributed by atoms with van der Waals surface area (Å²) in [6.07, 6.45) is 0. The molecule has 0 fully saturated rings. The number of aryl methyl sites for hydroxylation is 2. The van der Waals surface area contributed by atoms with E-state index in [0.717, 1.165) is 18.2 Å². The molecule has 0 saturated heterocycles. The van der Waals surface area contributed by atoms with Gasteiger partial charge >= 0.3 is 5.97 Å². The van der Waals surface area contributed by atoms with Crippen LogP contribution in [0.1, 0.15) is 21.7 Å². The number of aromatic nitrogens is 2. The Morgan fingerprint density at radius 2 is 2.00 bits per heavy atom. The number of nitrogens with zero attached hydrogens (tertiary/aromatic N) is 2. The summed E-state index contributed by atoms with van der Waals surface area (Å²) in [6.45, 7) is 2.75. The number of carbonyl (C=O) groups excluding carboxylic acids is 2. The normalized spacial score (nSPS) is 11.3. The molecule has 2 rings (SSSR count). The van der Waals surface area contributed by atoms with Crippen molar-refractivity contribution in [1.82, 2.24) is 9.78 Å². The van der Waals surface area contributed by atoms with E-state index >= 15 is 0 Å². The number of benzene rings is 1. The molecule has 0 radical (unpaired) electrons. The molecular weight excluding hydrogens is 367 g/mol. The number of anilines is 1. The number of halogens is 1. The van der Waals surface area contributed by atoms with Crippen molar-refractivity contribution in [2.75, 3.05) is 11.9 Å². The average molecular weight is 384 g/mol. The fourth-order valence-corrected chi connectivity index (χ4v) is 2.72. The summed E-state index contributed by atoms with van der Waals surface area (Å²) < 4.78 is 42.6. The molecule has 26 heavy (non-hydrogen) atoms. The second kappa shape index (κ2) is 7.22. The summed E-state index contributed by atoms with van der Waals surface area (Å²) in [7, 11) is -2.41. The Labute approximate surface area is 149 Å². The fourth-order valence-electron chi connectivity index (χ4n) is 2.18. The van der Waals surface area contributed by atoms with Crippen LogP contribution >= 0.6 is 0 Å². The summed E-state index contributed by atoms with van der Waals surface area (Å²) in [5.74, 6) is -2.84. The Morgan fingerprint density at radius 1 is 1.35 bits per heavy atom. The highest BCUT2D eigenvalue weighted by atomic mass is 32.2.